The van der Waals surface area contributed by atoms with E-state index in [0.717, 1.165) is 6.07 Å². The van der Waals surface area contributed by atoms with Gasteiger partial charge in [0.15, 0.2) is 5.75 Å². The minimum Gasteiger partial charge on any atom is -0.462 e. The van der Waals surface area contributed by atoms with Crippen molar-refractivity contribution in [1.82, 2.24) is 0 Å². The minimum absolute atomic E-state index is 0.0229. The molecule has 1 aromatic heterocycles. The molecule has 0 saturated heterocycles. The molecule has 0 aliphatic carbocycles. The van der Waals surface area contributed by atoms with Crippen molar-refractivity contribution in [3.8, 4) is 5.75 Å². The van der Waals surface area contributed by atoms with Crippen molar-refractivity contribution < 1.29 is 27.9 Å². The molecule has 3 heterocycles. The quantitative estimate of drug-likeness (QED) is 0.485. The van der Waals surface area contributed by atoms with Crippen molar-refractivity contribution in [2.75, 3.05) is 18.6 Å². The molecule has 2 aliphatic heterocycles. The summed E-state index contributed by atoms with van der Waals surface area (Å²) in [5.41, 5.74) is 3.12. The third-order valence-corrected chi connectivity index (χ3v) is 5.80. The van der Waals surface area contributed by atoms with Crippen LogP contribution in [0, 0.1) is 5.82 Å². The number of esters is 1. The Morgan fingerprint density at radius 2 is 1.97 bits per heavy atom. The number of anilines is 1. The topological polar surface area (TPSA) is 112 Å². The second kappa shape index (κ2) is 6.68. The Balaban J connectivity index is 2.00. The van der Waals surface area contributed by atoms with E-state index >= 15 is 0 Å². The average Bonchev–Trinajstić information content (AvgIpc) is 2.96. The van der Waals surface area contributed by atoms with Gasteiger partial charge in [-0.1, -0.05) is 12.1 Å². The van der Waals surface area contributed by atoms with E-state index in [1.54, 1.807) is 31.2 Å². The lowest BCUT2D eigenvalue weighted by Crippen LogP contribution is -2.50. The van der Waals surface area contributed by atoms with Crippen molar-refractivity contribution in [2.24, 2.45) is 5.73 Å². The molecule has 2 aromatic carbocycles. The molecule has 1 amide bonds. The standard InChI is InChI=1S/C23H17FN2O6/c1-3-30-20(27)17-19(25)32-18-12-6-4-5-7-15(12)31-21(28)16(18)23(17)13-10-11(24)8-9-14(13)26(2)22(23)29/h4-10H,3,25H2,1-2H3. The first kappa shape index (κ1) is 19.8. The summed E-state index contributed by atoms with van der Waals surface area (Å²) in [5.74, 6) is -2.74. The number of ether oxygens (including phenoxy) is 2. The number of fused-ring (bicyclic) bond motifs is 6. The van der Waals surface area contributed by atoms with Crippen LogP contribution >= 0.6 is 0 Å². The molecule has 3 aromatic rings. The van der Waals surface area contributed by atoms with Crippen molar-refractivity contribution in [3.63, 3.8) is 0 Å². The number of rotatable bonds is 2. The maximum atomic E-state index is 14.4. The molecular weight excluding hydrogens is 419 g/mol. The van der Waals surface area contributed by atoms with Gasteiger partial charge in [-0.05, 0) is 37.3 Å². The molecule has 1 unspecified atom stereocenters. The number of para-hydroxylation sites is 1. The van der Waals surface area contributed by atoms with Gasteiger partial charge in [0.1, 0.15) is 28.0 Å². The van der Waals surface area contributed by atoms with Crippen LogP contribution in [0.3, 0.4) is 0 Å². The largest absolute Gasteiger partial charge is 0.462 e. The molecule has 32 heavy (non-hydrogen) atoms. The summed E-state index contributed by atoms with van der Waals surface area (Å²) in [7, 11) is 1.46. The third kappa shape index (κ3) is 2.33. The fourth-order valence-corrected chi connectivity index (χ4v) is 4.54. The zero-order valence-corrected chi connectivity index (χ0v) is 17.1. The van der Waals surface area contributed by atoms with Crippen molar-refractivity contribution >= 4 is 28.5 Å². The lowest BCUT2D eigenvalue weighted by atomic mass is 9.68. The molecule has 0 bridgehead atoms. The molecular formula is C23H17FN2O6. The first-order valence-electron chi connectivity index (χ1n) is 9.82. The van der Waals surface area contributed by atoms with Gasteiger partial charge in [-0.25, -0.2) is 14.0 Å². The van der Waals surface area contributed by atoms with Crippen LogP contribution in [0.25, 0.3) is 11.0 Å². The van der Waals surface area contributed by atoms with Crippen LogP contribution in [0.2, 0.25) is 0 Å². The van der Waals surface area contributed by atoms with Gasteiger partial charge in [-0.3, -0.25) is 4.79 Å². The number of likely N-dealkylation sites (N-methyl/N-ethyl adjacent to an activating group) is 1. The second-order valence-corrected chi connectivity index (χ2v) is 7.43. The van der Waals surface area contributed by atoms with Crippen LogP contribution < -0.4 is 21.0 Å². The molecule has 2 N–H and O–H groups in total. The first-order chi connectivity index (χ1) is 15.3. The predicted octanol–water partition coefficient (Wildman–Crippen LogP) is 2.32. The number of carbonyl (C=O) groups excluding carboxylic acids is 2. The van der Waals surface area contributed by atoms with E-state index in [9.17, 15) is 18.8 Å². The summed E-state index contributed by atoms with van der Waals surface area (Å²) in [5, 5.41) is 0.368. The highest BCUT2D eigenvalue weighted by Crippen LogP contribution is 2.55. The van der Waals surface area contributed by atoms with Crippen LogP contribution in [-0.4, -0.2) is 25.5 Å². The Hall–Kier alpha value is -4.14. The van der Waals surface area contributed by atoms with Crippen LogP contribution in [0.4, 0.5) is 10.1 Å². The normalized spacial score (nSPS) is 19.2. The lowest BCUT2D eigenvalue weighted by Gasteiger charge is -2.34. The molecule has 0 radical (unpaired) electrons. The van der Waals surface area contributed by atoms with E-state index in [1.807, 2.05) is 0 Å². The van der Waals surface area contributed by atoms with Gasteiger partial charge in [0.2, 0.25) is 11.8 Å². The van der Waals surface area contributed by atoms with Crippen molar-refractivity contribution in [3.05, 3.63) is 81.3 Å². The summed E-state index contributed by atoms with van der Waals surface area (Å²) in [6.07, 6.45) is 0. The predicted molar refractivity (Wildman–Crippen MR) is 112 cm³/mol. The van der Waals surface area contributed by atoms with Crippen LogP contribution in [0.15, 0.2) is 63.1 Å². The second-order valence-electron chi connectivity index (χ2n) is 7.43. The zero-order valence-electron chi connectivity index (χ0n) is 17.1. The van der Waals surface area contributed by atoms with Gasteiger partial charge in [-0.2, -0.15) is 0 Å². The molecule has 2 aliphatic rings. The van der Waals surface area contributed by atoms with Crippen molar-refractivity contribution in [2.45, 2.75) is 12.3 Å². The molecule has 162 valence electrons. The first-order valence-corrected chi connectivity index (χ1v) is 9.82. The summed E-state index contributed by atoms with van der Waals surface area (Å²) in [6, 6.07) is 10.2. The summed E-state index contributed by atoms with van der Waals surface area (Å²) < 4.78 is 30.8. The number of hydrogen-bond acceptors (Lipinski definition) is 7. The van der Waals surface area contributed by atoms with Crippen LogP contribution in [0.1, 0.15) is 18.1 Å². The Morgan fingerprint density at radius 3 is 2.72 bits per heavy atom. The van der Waals surface area contributed by atoms with Gasteiger partial charge in [0.05, 0.1) is 12.0 Å². The number of halogens is 1. The zero-order chi connectivity index (χ0) is 22.8. The summed E-state index contributed by atoms with van der Waals surface area (Å²) in [6.45, 7) is 1.56. The summed E-state index contributed by atoms with van der Waals surface area (Å²) >= 11 is 0. The maximum absolute atomic E-state index is 14.4. The number of amides is 1. The lowest BCUT2D eigenvalue weighted by molar-refractivity contribution is -0.140. The molecule has 1 atom stereocenters. The van der Waals surface area contributed by atoms with E-state index in [4.69, 9.17) is 19.6 Å². The van der Waals surface area contributed by atoms with Gasteiger partial charge < -0.3 is 24.5 Å². The van der Waals surface area contributed by atoms with Crippen LogP contribution in [0.5, 0.6) is 5.75 Å². The molecule has 1 spiro atoms. The summed E-state index contributed by atoms with van der Waals surface area (Å²) in [4.78, 5) is 41.4. The smallest absolute Gasteiger partial charge is 0.345 e. The Kier molecular flexibility index (Phi) is 4.13. The van der Waals surface area contributed by atoms with E-state index in [1.165, 1.54) is 24.1 Å². The fourth-order valence-electron chi connectivity index (χ4n) is 4.54. The highest BCUT2D eigenvalue weighted by molar-refractivity contribution is 6.18. The number of hydrogen-bond donors (Lipinski definition) is 1. The highest BCUT2D eigenvalue weighted by atomic mass is 19.1. The van der Waals surface area contributed by atoms with Gasteiger partial charge in [-0.15, -0.1) is 0 Å². The maximum Gasteiger partial charge on any atom is 0.345 e. The van der Waals surface area contributed by atoms with E-state index in [-0.39, 0.29) is 29.1 Å². The SMILES string of the molecule is CCOC(=O)C1=C(N)Oc2c(c(=O)oc3ccccc23)C12C(=O)N(C)c1ccc(F)cc12. The van der Waals surface area contributed by atoms with Gasteiger partial charge in [0.25, 0.3) is 0 Å². The van der Waals surface area contributed by atoms with Gasteiger partial charge >= 0.3 is 11.6 Å². The molecule has 0 fully saturated rings. The third-order valence-electron chi connectivity index (χ3n) is 5.80. The fraction of sp³-hybridized carbons (Fsp3) is 0.174. The average molecular weight is 436 g/mol. The number of nitrogens with zero attached hydrogens (tertiary/aromatic N) is 1. The highest BCUT2D eigenvalue weighted by Gasteiger charge is 2.62. The van der Waals surface area contributed by atoms with E-state index < -0.39 is 40.2 Å². The molecule has 9 heteroatoms. The number of nitrogens with two attached hydrogens (primary N) is 1. The molecule has 8 nitrogen and oxygen atoms in total. The van der Waals surface area contributed by atoms with E-state index in [0.29, 0.717) is 11.1 Å². The minimum atomic E-state index is -2.10. The molecule has 0 saturated carbocycles. The van der Waals surface area contributed by atoms with E-state index in [2.05, 4.69) is 0 Å². The van der Waals surface area contributed by atoms with Gasteiger partial charge in [0, 0.05) is 18.3 Å². The molecule has 5 rings (SSSR count). The van der Waals surface area contributed by atoms with Crippen molar-refractivity contribution in [1.29, 1.82) is 0 Å². The Labute approximate surface area is 180 Å². The van der Waals surface area contributed by atoms with Crippen LogP contribution in [-0.2, 0) is 19.7 Å². The Morgan fingerprint density at radius 1 is 1.22 bits per heavy atom. The number of carbonyl (C=O) groups is 2. The Bertz CT molecular complexity index is 1430. The number of benzene rings is 2. The monoisotopic (exact) mass is 436 g/mol.